The standard InChI is InChI=1S/C22H28N2O2/c1-2-18-10-12-21(13-11-18)26-17-22(25)23-20-9-6-14-24(16-20)15-19-7-4-3-5-8-19/h3-5,7-8,10-13,20H,2,6,9,14-17H2,1H3,(H,23,25). The van der Waals surface area contributed by atoms with Gasteiger partial charge in [0.2, 0.25) is 0 Å². The first kappa shape index (κ1) is 18.5. The molecule has 1 fully saturated rings. The Morgan fingerprint density at radius 2 is 1.88 bits per heavy atom. The lowest BCUT2D eigenvalue weighted by Gasteiger charge is -2.33. The number of nitrogens with one attached hydrogen (secondary N) is 1. The van der Waals surface area contributed by atoms with Crippen molar-refractivity contribution in [3.63, 3.8) is 0 Å². The zero-order valence-corrected chi connectivity index (χ0v) is 15.5. The van der Waals surface area contributed by atoms with Crippen molar-refractivity contribution in [2.75, 3.05) is 19.7 Å². The highest BCUT2D eigenvalue weighted by Gasteiger charge is 2.21. The van der Waals surface area contributed by atoms with Crippen LogP contribution in [0.5, 0.6) is 5.75 Å². The summed E-state index contributed by atoms with van der Waals surface area (Å²) in [7, 11) is 0. The lowest BCUT2D eigenvalue weighted by Crippen LogP contribution is -2.48. The lowest BCUT2D eigenvalue weighted by molar-refractivity contribution is -0.124. The van der Waals surface area contributed by atoms with Crippen molar-refractivity contribution in [2.24, 2.45) is 0 Å². The molecule has 0 aliphatic carbocycles. The molecule has 1 amide bonds. The van der Waals surface area contributed by atoms with Crippen LogP contribution in [0.4, 0.5) is 0 Å². The van der Waals surface area contributed by atoms with E-state index in [0.29, 0.717) is 0 Å². The summed E-state index contributed by atoms with van der Waals surface area (Å²) in [5.74, 6) is 0.697. The summed E-state index contributed by atoms with van der Waals surface area (Å²) in [6, 6.07) is 18.6. The fourth-order valence-corrected chi connectivity index (χ4v) is 3.40. The summed E-state index contributed by atoms with van der Waals surface area (Å²) in [4.78, 5) is 14.6. The van der Waals surface area contributed by atoms with Crippen molar-refractivity contribution in [3.05, 3.63) is 65.7 Å². The zero-order chi connectivity index (χ0) is 18.2. The third-order valence-corrected chi connectivity index (χ3v) is 4.82. The molecule has 26 heavy (non-hydrogen) atoms. The van der Waals surface area contributed by atoms with Gasteiger partial charge in [0.1, 0.15) is 5.75 Å². The molecule has 1 N–H and O–H groups in total. The lowest BCUT2D eigenvalue weighted by atomic mass is 10.0. The number of aryl methyl sites for hydroxylation is 1. The molecule has 1 aliphatic rings. The number of likely N-dealkylation sites (tertiary alicyclic amines) is 1. The number of hydrogen-bond acceptors (Lipinski definition) is 3. The smallest absolute Gasteiger partial charge is 0.258 e. The fraction of sp³-hybridized carbons (Fsp3) is 0.409. The summed E-state index contributed by atoms with van der Waals surface area (Å²) in [5.41, 5.74) is 2.58. The van der Waals surface area contributed by atoms with Crippen molar-refractivity contribution >= 4 is 5.91 Å². The van der Waals surface area contributed by atoms with E-state index >= 15 is 0 Å². The van der Waals surface area contributed by atoms with Gasteiger partial charge in [-0.05, 0) is 49.1 Å². The first-order chi connectivity index (χ1) is 12.7. The van der Waals surface area contributed by atoms with E-state index in [0.717, 1.165) is 44.6 Å². The number of nitrogens with zero attached hydrogens (tertiary/aromatic N) is 1. The first-order valence-electron chi connectivity index (χ1n) is 9.50. The fourth-order valence-electron chi connectivity index (χ4n) is 3.40. The minimum atomic E-state index is -0.0453. The highest BCUT2D eigenvalue weighted by molar-refractivity contribution is 5.77. The molecule has 0 spiro atoms. The van der Waals surface area contributed by atoms with E-state index in [-0.39, 0.29) is 18.6 Å². The van der Waals surface area contributed by atoms with Crippen LogP contribution in [0.3, 0.4) is 0 Å². The summed E-state index contributed by atoms with van der Waals surface area (Å²) >= 11 is 0. The number of hydrogen-bond donors (Lipinski definition) is 1. The van der Waals surface area contributed by atoms with Crippen molar-refractivity contribution in [1.29, 1.82) is 0 Å². The summed E-state index contributed by atoms with van der Waals surface area (Å²) in [6.07, 6.45) is 3.14. The Hall–Kier alpha value is -2.33. The molecule has 3 rings (SSSR count). The number of piperidine rings is 1. The maximum atomic E-state index is 12.2. The molecule has 2 aromatic carbocycles. The number of rotatable bonds is 7. The largest absolute Gasteiger partial charge is 0.484 e. The third-order valence-electron chi connectivity index (χ3n) is 4.82. The number of benzene rings is 2. The second-order valence-electron chi connectivity index (χ2n) is 6.91. The third kappa shape index (κ3) is 5.60. The van der Waals surface area contributed by atoms with Crippen LogP contribution in [0.25, 0.3) is 0 Å². The van der Waals surface area contributed by atoms with E-state index in [1.165, 1.54) is 11.1 Å². The van der Waals surface area contributed by atoms with Crippen LogP contribution in [0, 0.1) is 0 Å². The van der Waals surface area contributed by atoms with Crippen LogP contribution in [-0.4, -0.2) is 36.5 Å². The second kappa shape index (κ2) is 9.39. The maximum Gasteiger partial charge on any atom is 0.258 e. The molecule has 1 saturated heterocycles. The Morgan fingerprint density at radius 1 is 1.12 bits per heavy atom. The summed E-state index contributed by atoms with van der Waals surface area (Å²) in [5, 5.41) is 3.12. The van der Waals surface area contributed by atoms with E-state index in [9.17, 15) is 4.79 Å². The summed E-state index contributed by atoms with van der Waals surface area (Å²) in [6.45, 7) is 5.11. The Bertz CT molecular complexity index is 685. The molecule has 4 nitrogen and oxygen atoms in total. The monoisotopic (exact) mass is 352 g/mol. The maximum absolute atomic E-state index is 12.2. The summed E-state index contributed by atoms with van der Waals surface area (Å²) < 4.78 is 5.61. The number of amides is 1. The average Bonchev–Trinajstić information content (AvgIpc) is 2.68. The molecule has 0 radical (unpaired) electrons. The Morgan fingerprint density at radius 3 is 2.62 bits per heavy atom. The molecule has 4 heteroatoms. The highest BCUT2D eigenvalue weighted by Crippen LogP contribution is 2.15. The highest BCUT2D eigenvalue weighted by atomic mass is 16.5. The van der Waals surface area contributed by atoms with Crippen LogP contribution in [0.2, 0.25) is 0 Å². The molecule has 0 aromatic heterocycles. The number of carbonyl (C=O) groups excluding carboxylic acids is 1. The van der Waals surface area contributed by atoms with Gasteiger partial charge in [0.25, 0.3) is 5.91 Å². The Labute approximate surface area is 156 Å². The van der Waals surface area contributed by atoms with E-state index in [4.69, 9.17) is 4.74 Å². The van der Waals surface area contributed by atoms with E-state index in [2.05, 4.69) is 41.4 Å². The molecular formula is C22H28N2O2. The van der Waals surface area contributed by atoms with Gasteiger partial charge in [0.05, 0.1) is 0 Å². The first-order valence-corrected chi connectivity index (χ1v) is 9.50. The van der Waals surface area contributed by atoms with Crippen molar-refractivity contribution in [3.8, 4) is 5.75 Å². The van der Waals surface area contributed by atoms with Gasteiger partial charge in [0, 0.05) is 19.1 Å². The molecule has 2 aromatic rings. The molecule has 1 unspecified atom stereocenters. The van der Waals surface area contributed by atoms with Gasteiger partial charge in [-0.2, -0.15) is 0 Å². The Balaban J connectivity index is 1.43. The van der Waals surface area contributed by atoms with Crippen LogP contribution in [0.1, 0.15) is 30.9 Å². The van der Waals surface area contributed by atoms with Crippen molar-refractivity contribution < 1.29 is 9.53 Å². The van der Waals surface area contributed by atoms with E-state index in [1.54, 1.807) is 0 Å². The van der Waals surface area contributed by atoms with E-state index < -0.39 is 0 Å². The van der Waals surface area contributed by atoms with Gasteiger partial charge in [-0.15, -0.1) is 0 Å². The van der Waals surface area contributed by atoms with Crippen molar-refractivity contribution in [1.82, 2.24) is 10.2 Å². The average molecular weight is 352 g/mol. The van der Waals surface area contributed by atoms with Crippen molar-refractivity contribution in [2.45, 2.75) is 38.8 Å². The molecule has 0 bridgehead atoms. The van der Waals surface area contributed by atoms with Crippen LogP contribution in [0.15, 0.2) is 54.6 Å². The molecule has 0 saturated carbocycles. The van der Waals surface area contributed by atoms with Crippen LogP contribution >= 0.6 is 0 Å². The Kier molecular flexibility index (Phi) is 6.67. The van der Waals surface area contributed by atoms with Gasteiger partial charge in [-0.1, -0.05) is 49.4 Å². The van der Waals surface area contributed by atoms with Crippen LogP contribution < -0.4 is 10.1 Å². The van der Waals surface area contributed by atoms with Crippen LogP contribution in [-0.2, 0) is 17.8 Å². The predicted molar refractivity (Wildman–Crippen MR) is 104 cm³/mol. The number of carbonyl (C=O) groups is 1. The molecule has 1 aliphatic heterocycles. The SMILES string of the molecule is CCc1ccc(OCC(=O)NC2CCCN(Cc3ccccc3)C2)cc1. The van der Waals surface area contributed by atoms with E-state index in [1.807, 2.05) is 30.3 Å². The van der Waals surface area contributed by atoms with Gasteiger partial charge in [-0.3, -0.25) is 9.69 Å². The minimum Gasteiger partial charge on any atom is -0.484 e. The van der Waals surface area contributed by atoms with Gasteiger partial charge in [0.15, 0.2) is 6.61 Å². The quantitative estimate of drug-likeness (QED) is 0.830. The predicted octanol–water partition coefficient (Wildman–Crippen LogP) is 3.41. The van der Waals surface area contributed by atoms with Gasteiger partial charge < -0.3 is 10.1 Å². The minimum absolute atomic E-state index is 0.0453. The topological polar surface area (TPSA) is 41.6 Å². The molecular weight excluding hydrogens is 324 g/mol. The zero-order valence-electron chi connectivity index (χ0n) is 15.5. The normalized spacial score (nSPS) is 17.7. The molecule has 1 atom stereocenters. The molecule has 138 valence electrons. The van der Waals surface area contributed by atoms with Gasteiger partial charge >= 0.3 is 0 Å². The number of ether oxygens (including phenoxy) is 1. The molecule has 1 heterocycles. The van der Waals surface area contributed by atoms with Gasteiger partial charge in [-0.25, -0.2) is 0 Å². The second-order valence-corrected chi connectivity index (χ2v) is 6.91.